The maximum atomic E-state index is 14.5. The fraction of sp³-hybridized carbons (Fsp3) is 0.415. The Morgan fingerprint density at radius 3 is 2.01 bits per heavy atom. The third kappa shape index (κ3) is 14.4. The van der Waals surface area contributed by atoms with Crippen LogP contribution >= 0.6 is 31.2 Å². The molecule has 0 aliphatic carbocycles. The van der Waals surface area contributed by atoms with Crippen LogP contribution in [0.5, 0.6) is 0 Å². The molecule has 5 aromatic rings. The molecule has 1 fully saturated rings. The standard InChI is InChI=1S/C53H65ClF3N4O10PS3/c1-50(2,3)52(51(4,5)6,35-71-72(64,65)66)60(7)30-29-40(34-73-42-13-9-8-10-14-42)58-46-26-25-43(33-47(46)74(67,68)53(55,56)57)75(69,70)59-49(63)38-19-23-41(24-20-38)61-31-27-37(28-32-61)48(62)45-16-12-11-15-44(45)36-17-21-39(54)22-18-36/h8-26,33,37,40,48,58,62H,27-32,34-35H2,1-7H3,(H,59,63)(H2,64,65,66). The van der Waals surface area contributed by atoms with Crippen molar-refractivity contribution in [2.45, 2.75) is 98.7 Å². The van der Waals surface area contributed by atoms with Crippen LogP contribution in [0, 0.1) is 16.7 Å². The Balaban J connectivity index is 1.20. The summed E-state index contributed by atoms with van der Waals surface area (Å²) in [6.45, 7) is 12.3. The summed E-state index contributed by atoms with van der Waals surface area (Å²) in [5.41, 5.74) is -5.51. The lowest BCUT2D eigenvalue weighted by atomic mass is 9.59. The summed E-state index contributed by atoms with van der Waals surface area (Å²) < 4.78 is 117. The molecule has 5 N–H and O–H groups in total. The molecule has 1 aliphatic rings. The van der Waals surface area contributed by atoms with E-state index in [-0.39, 0.29) is 36.8 Å². The Labute approximate surface area is 447 Å². The van der Waals surface area contributed by atoms with E-state index in [2.05, 4.69) is 10.2 Å². The SMILES string of the molecule is CN(CCC(CSc1ccccc1)Nc1ccc(S(=O)(=O)NC(=O)c2ccc(N3CCC(C(O)c4ccccc4-c4ccc(Cl)cc4)CC3)cc2)cc1S(=O)(=O)C(F)(F)F)C(COP(=O)(O)O)(C(C)(C)C)C(C)(C)C. The molecule has 0 radical (unpaired) electrons. The van der Waals surface area contributed by atoms with Crippen molar-refractivity contribution in [3.63, 3.8) is 0 Å². The Bertz CT molecular complexity index is 3030. The minimum absolute atomic E-state index is 0.0473. The normalized spacial score (nSPS) is 15.4. The lowest BCUT2D eigenvalue weighted by molar-refractivity contribution is -0.105. The average molecular weight is 1140 g/mol. The van der Waals surface area contributed by atoms with Gasteiger partial charge in [0.1, 0.15) is 4.90 Å². The van der Waals surface area contributed by atoms with Crippen molar-refractivity contribution in [1.82, 2.24) is 9.62 Å². The molecule has 408 valence electrons. The molecular formula is C53H65ClF3N4O10PS3. The van der Waals surface area contributed by atoms with Crippen LogP contribution in [0.15, 0.2) is 136 Å². The van der Waals surface area contributed by atoms with Crippen LogP contribution < -0.4 is 14.9 Å². The summed E-state index contributed by atoms with van der Waals surface area (Å²) in [7, 11) is -14.4. The van der Waals surface area contributed by atoms with Gasteiger partial charge in [0.2, 0.25) is 0 Å². The van der Waals surface area contributed by atoms with E-state index in [4.69, 9.17) is 16.1 Å². The van der Waals surface area contributed by atoms with Gasteiger partial charge < -0.3 is 25.1 Å². The van der Waals surface area contributed by atoms with E-state index in [0.29, 0.717) is 37.0 Å². The fourth-order valence-corrected chi connectivity index (χ4v) is 13.7. The molecule has 1 amide bonds. The second kappa shape index (κ2) is 23.6. The van der Waals surface area contributed by atoms with Crippen molar-refractivity contribution in [1.29, 1.82) is 0 Å². The van der Waals surface area contributed by atoms with E-state index in [1.807, 2.05) is 99.7 Å². The largest absolute Gasteiger partial charge is 0.501 e. The van der Waals surface area contributed by atoms with E-state index in [0.717, 1.165) is 39.4 Å². The maximum Gasteiger partial charge on any atom is 0.501 e. The average Bonchev–Trinajstić information content (AvgIpc) is 3.33. The number of thioether (sulfide) groups is 1. The van der Waals surface area contributed by atoms with Crippen LogP contribution in [0.25, 0.3) is 11.1 Å². The zero-order valence-corrected chi connectivity index (χ0v) is 46.8. The Kier molecular flexibility index (Phi) is 18.8. The van der Waals surface area contributed by atoms with Gasteiger partial charge in [-0.1, -0.05) is 108 Å². The number of alkyl halides is 3. The van der Waals surface area contributed by atoms with Gasteiger partial charge >= 0.3 is 13.3 Å². The minimum atomic E-state index is -6.22. The molecule has 6 rings (SSSR count). The molecule has 0 bridgehead atoms. The summed E-state index contributed by atoms with van der Waals surface area (Å²) >= 11 is 7.44. The molecule has 1 saturated heterocycles. The summed E-state index contributed by atoms with van der Waals surface area (Å²) in [4.78, 5) is 35.4. The molecule has 5 aromatic carbocycles. The number of sulfonamides is 1. The van der Waals surface area contributed by atoms with Crippen LogP contribution in [-0.2, 0) is 28.9 Å². The number of nitrogens with one attached hydrogen (secondary N) is 2. The molecule has 75 heavy (non-hydrogen) atoms. The molecular weight excluding hydrogens is 1070 g/mol. The highest BCUT2D eigenvalue weighted by molar-refractivity contribution is 7.99. The molecule has 0 saturated carbocycles. The van der Waals surface area contributed by atoms with Crippen LogP contribution in [-0.4, -0.2) is 98.7 Å². The smallest absolute Gasteiger partial charge is 0.388 e. The minimum Gasteiger partial charge on any atom is -0.388 e. The first-order chi connectivity index (χ1) is 34.8. The van der Waals surface area contributed by atoms with Gasteiger partial charge in [-0.25, -0.2) is 26.1 Å². The number of carbonyl (C=O) groups excluding carboxylic acids is 1. The van der Waals surface area contributed by atoms with Gasteiger partial charge in [-0.05, 0) is 126 Å². The first-order valence-corrected chi connectivity index (χ1v) is 30.0. The Hall–Kier alpha value is -4.47. The number of piperidine rings is 1. The third-order valence-corrected chi connectivity index (χ3v) is 18.7. The summed E-state index contributed by atoms with van der Waals surface area (Å²) in [5, 5.41) is 15.1. The maximum absolute atomic E-state index is 14.5. The second-order valence-corrected chi connectivity index (χ2v) is 27.1. The fourth-order valence-electron chi connectivity index (χ4n) is 10.2. The predicted octanol–water partition coefficient (Wildman–Crippen LogP) is 11.2. The number of nitrogens with zero attached hydrogens (tertiary/aromatic N) is 2. The quantitative estimate of drug-likeness (QED) is 0.0364. The van der Waals surface area contributed by atoms with Crippen molar-refractivity contribution >= 4 is 68.3 Å². The van der Waals surface area contributed by atoms with Gasteiger partial charge in [0.05, 0.1) is 28.8 Å². The van der Waals surface area contributed by atoms with Gasteiger partial charge in [-0.2, -0.15) is 13.2 Å². The number of carbonyl (C=O) groups is 1. The second-order valence-electron chi connectivity index (χ2n) is 20.8. The number of aliphatic hydroxyl groups is 1. The van der Waals surface area contributed by atoms with E-state index in [1.54, 1.807) is 49.5 Å². The third-order valence-electron chi connectivity index (χ3n) is 13.9. The van der Waals surface area contributed by atoms with Gasteiger partial charge in [-0.15, -0.1) is 11.8 Å². The Morgan fingerprint density at radius 2 is 1.44 bits per heavy atom. The first kappa shape index (κ1) is 59.8. The Morgan fingerprint density at radius 1 is 0.853 bits per heavy atom. The van der Waals surface area contributed by atoms with E-state index in [9.17, 15) is 54.3 Å². The first-order valence-electron chi connectivity index (χ1n) is 24.1. The number of halogens is 4. The molecule has 14 nitrogen and oxygen atoms in total. The van der Waals surface area contributed by atoms with Crippen molar-refractivity contribution in [2.24, 2.45) is 16.7 Å². The highest BCUT2D eigenvalue weighted by Gasteiger charge is 2.54. The van der Waals surface area contributed by atoms with Crippen LogP contribution in [0.3, 0.4) is 0 Å². The number of anilines is 2. The number of phosphoric acid groups is 1. The molecule has 1 aliphatic heterocycles. The highest BCUT2D eigenvalue weighted by Crippen LogP contribution is 2.51. The van der Waals surface area contributed by atoms with Gasteiger partial charge in [0, 0.05) is 52.6 Å². The topological polar surface area (TPSA) is 203 Å². The van der Waals surface area contributed by atoms with Crippen molar-refractivity contribution in [3.8, 4) is 11.1 Å². The molecule has 2 atom stereocenters. The van der Waals surface area contributed by atoms with Gasteiger partial charge in [0.25, 0.3) is 25.8 Å². The number of benzene rings is 5. The van der Waals surface area contributed by atoms with Crippen molar-refractivity contribution in [2.75, 3.05) is 49.3 Å². The lowest BCUT2D eigenvalue weighted by Crippen LogP contribution is -2.66. The lowest BCUT2D eigenvalue weighted by Gasteiger charge is -2.58. The number of aliphatic hydroxyl groups excluding tert-OH is 1. The summed E-state index contributed by atoms with van der Waals surface area (Å²) in [6.07, 6.45) is 0.710. The van der Waals surface area contributed by atoms with Crippen molar-refractivity contribution < 1.29 is 58.8 Å². The van der Waals surface area contributed by atoms with Crippen LogP contribution in [0.4, 0.5) is 24.5 Å². The summed E-state index contributed by atoms with van der Waals surface area (Å²) in [5.74, 6) is -0.980. The highest BCUT2D eigenvalue weighted by atomic mass is 35.5. The number of phosphoric ester groups is 1. The molecule has 2 unspecified atom stereocenters. The van der Waals surface area contributed by atoms with Crippen LogP contribution in [0.2, 0.25) is 5.02 Å². The van der Waals surface area contributed by atoms with Crippen LogP contribution in [0.1, 0.15) is 82.8 Å². The molecule has 1 heterocycles. The van der Waals surface area contributed by atoms with Gasteiger partial charge in [-0.3, -0.25) is 14.2 Å². The zero-order valence-electron chi connectivity index (χ0n) is 42.7. The number of sulfone groups is 1. The molecule has 0 spiro atoms. The number of hydrogen-bond acceptors (Lipinski definition) is 12. The zero-order chi connectivity index (χ0) is 55.4. The molecule has 22 heteroatoms. The predicted molar refractivity (Wildman–Crippen MR) is 289 cm³/mol. The van der Waals surface area contributed by atoms with E-state index < -0.39 is 83.1 Å². The number of hydrogen-bond donors (Lipinski definition) is 5. The number of amides is 1. The van der Waals surface area contributed by atoms with E-state index >= 15 is 0 Å². The van der Waals surface area contributed by atoms with Crippen molar-refractivity contribution in [3.05, 3.63) is 137 Å². The molecule has 0 aromatic heterocycles. The summed E-state index contributed by atoms with van der Waals surface area (Å²) in [6, 6.07) is 31.6. The number of likely N-dealkylation sites (N-methyl/N-ethyl adjacent to an activating group) is 1. The van der Waals surface area contributed by atoms with Gasteiger partial charge in [0.15, 0.2) is 0 Å². The van der Waals surface area contributed by atoms with E-state index in [1.165, 1.54) is 23.9 Å². The number of rotatable bonds is 20. The monoisotopic (exact) mass is 1140 g/mol.